The lowest BCUT2D eigenvalue weighted by Crippen LogP contribution is -1.94. The third-order valence-corrected chi connectivity index (χ3v) is 4.31. The number of halogens is 3. The van der Waals surface area contributed by atoms with Crippen molar-refractivity contribution in [1.29, 1.82) is 0 Å². The van der Waals surface area contributed by atoms with Crippen LogP contribution in [-0.4, -0.2) is 24.1 Å². The molecule has 1 atom stereocenters. The lowest BCUT2D eigenvalue weighted by molar-refractivity contribution is 0.160. The molecule has 0 aliphatic carbocycles. The van der Waals surface area contributed by atoms with Gasteiger partial charge in [0.1, 0.15) is 6.61 Å². The summed E-state index contributed by atoms with van der Waals surface area (Å²) >= 11 is 0. The lowest BCUT2D eigenvalue weighted by Gasteiger charge is -2.14. The van der Waals surface area contributed by atoms with E-state index in [4.69, 9.17) is 4.84 Å². The zero-order valence-electron chi connectivity index (χ0n) is 9.94. The van der Waals surface area contributed by atoms with Gasteiger partial charge >= 0.3 is 6.08 Å². The Labute approximate surface area is 106 Å². The Balaban J connectivity index is 2.40. The molecule has 0 bridgehead atoms. The quantitative estimate of drug-likeness (QED) is 0.430. The van der Waals surface area contributed by atoms with Crippen LogP contribution in [0.3, 0.4) is 0 Å². The SMILES string of the molecule is CCO/N=C/CC1=CN=C[SH]1CCC(F)=C(F)F. The van der Waals surface area contributed by atoms with Crippen LogP contribution >= 0.6 is 10.9 Å². The summed E-state index contributed by atoms with van der Waals surface area (Å²) < 4.78 is 36.5. The maximum atomic E-state index is 12.7. The minimum atomic E-state index is -2.23. The molecule has 1 aliphatic heterocycles. The number of hydrogen-bond acceptors (Lipinski definition) is 3. The molecular formula is C11H15F3N2OS. The maximum absolute atomic E-state index is 12.7. The molecule has 0 fully saturated rings. The van der Waals surface area contributed by atoms with Gasteiger partial charge in [0.25, 0.3) is 0 Å². The summed E-state index contributed by atoms with van der Waals surface area (Å²) in [4.78, 5) is 9.77. The maximum Gasteiger partial charge on any atom is 0.301 e. The van der Waals surface area contributed by atoms with E-state index in [1.54, 1.807) is 18.0 Å². The largest absolute Gasteiger partial charge is 0.396 e. The van der Waals surface area contributed by atoms with E-state index >= 15 is 0 Å². The van der Waals surface area contributed by atoms with Crippen molar-refractivity contribution in [3.63, 3.8) is 0 Å². The van der Waals surface area contributed by atoms with Crippen LogP contribution in [0, 0.1) is 0 Å². The summed E-state index contributed by atoms with van der Waals surface area (Å²) in [5.41, 5.74) is 1.70. The van der Waals surface area contributed by atoms with Crippen LogP contribution in [0.25, 0.3) is 0 Å². The van der Waals surface area contributed by atoms with Crippen LogP contribution in [-0.2, 0) is 4.84 Å². The van der Waals surface area contributed by atoms with Crippen LogP contribution in [0.15, 0.2) is 33.2 Å². The lowest BCUT2D eigenvalue weighted by atomic mass is 10.4. The van der Waals surface area contributed by atoms with E-state index < -0.39 is 22.8 Å². The first-order valence-corrected chi connectivity index (χ1v) is 7.07. The first-order valence-electron chi connectivity index (χ1n) is 5.47. The highest BCUT2D eigenvalue weighted by molar-refractivity contribution is 8.31. The Morgan fingerprint density at radius 3 is 2.94 bits per heavy atom. The molecule has 0 spiro atoms. The summed E-state index contributed by atoms with van der Waals surface area (Å²) in [5, 5.41) is 3.70. The summed E-state index contributed by atoms with van der Waals surface area (Å²) in [6.45, 7) is 2.31. The second-order valence-corrected chi connectivity index (χ2v) is 5.60. The molecule has 1 aliphatic rings. The van der Waals surface area contributed by atoms with Gasteiger partial charge in [0.2, 0.25) is 0 Å². The number of allylic oxidation sites excluding steroid dienone is 2. The fourth-order valence-electron chi connectivity index (χ4n) is 1.29. The topological polar surface area (TPSA) is 34.0 Å². The fraction of sp³-hybridized carbons (Fsp3) is 0.455. The third kappa shape index (κ3) is 4.95. The van der Waals surface area contributed by atoms with Crippen LogP contribution < -0.4 is 0 Å². The monoisotopic (exact) mass is 280 g/mol. The Hall–Kier alpha value is -1.24. The Morgan fingerprint density at radius 1 is 1.50 bits per heavy atom. The standard InChI is InChI=1S/C11H15F3N2OS/c1-2-17-16-5-3-9-7-15-8-18(9)6-4-10(12)11(13)14/h5,7-8,18H,2-4,6H2,1H3/b16-5+. The molecule has 0 saturated carbocycles. The number of thiol groups is 1. The zero-order valence-corrected chi connectivity index (χ0v) is 10.8. The van der Waals surface area contributed by atoms with Gasteiger partial charge in [0.15, 0.2) is 5.83 Å². The summed E-state index contributed by atoms with van der Waals surface area (Å²) in [6, 6.07) is 0. The van der Waals surface area contributed by atoms with E-state index in [2.05, 4.69) is 10.1 Å². The minimum Gasteiger partial charge on any atom is -0.396 e. The number of rotatable bonds is 7. The highest BCUT2D eigenvalue weighted by atomic mass is 32.2. The number of nitrogens with zero attached hydrogens (tertiary/aromatic N) is 2. The Kier molecular flexibility index (Phi) is 6.56. The summed E-state index contributed by atoms with van der Waals surface area (Å²) in [6.07, 6.45) is 1.35. The van der Waals surface area contributed by atoms with E-state index in [1.807, 2.05) is 6.92 Å². The second-order valence-electron chi connectivity index (χ2n) is 3.40. The Morgan fingerprint density at radius 2 is 2.28 bits per heavy atom. The van der Waals surface area contributed by atoms with E-state index in [-0.39, 0.29) is 6.42 Å². The van der Waals surface area contributed by atoms with Crippen molar-refractivity contribution >= 4 is 22.7 Å². The smallest absolute Gasteiger partial charge is 0.301 e. The molecule has 1 heterocycles. The van der Waals surface area contributed by atoms with Gasteiger partial charge in [-0.2, -0.15) is 19.7 Å². The molecule has 0 saturated heterocycles. The first kappa shape index (κ1) is 14.8. The van der Waals surface area contributed by atoms with Crippen molar-refractivity contribution in [2.75, 3.05) is 12.4 Å². The van der Waals surface area contributed by atoms with Crippen LogP contribution in [0.1, 0.15) is 19.8 Å². The number of hydrogen-bond donors (Lipinski definition) is 1. The molecule has 0 radical (unpaired) electrons. The summed E-state index contributed by atoms with van der Waals surface area (Å²) in [7, 11) is -0.772. The van der Waals surface area contributed by atoms with Gasteiger partial charge in [0, 0.05) is 30.8 Å². The van der Waals surface area contributed by atoms with E-state index in [1.165, 1.54) is 0 Å². The van der Waals surface area contributed by atoms with Crippen molar-refractivity contribution in [3.8, 4) is 0 Å². The third-order valence-electron chi connectivity index (χ3n) is 2.15. The molecule has 0 N–H and O–H groups in total. The van der Waals surface area contributed by atoms with Gasteiger partial charge in [-0.1, -0.05) is 5.16 Å². The van der Waals surface area contributed by atoms with Gasteiger partial charge in [-0.25, -0.2) is 4.39 Å². The minimum absolute atomic E-state index is 0.250. The van der Waals surface area contributed by atoms with Crippen LogP contribution in [0.2, 0.25) is 0 Å². The van der Waals surface area contributed by atoms with E-state index in [0.29, 0.717) is 18.8 Å². The molecule has 1 unspecified atom stereocenters. The summed E-state index contributed by atoms with van der Waals surface area (Å²) in [5.74, 6) is -0.990. The molecule has 102 valence electrons. The highest BCUT2D eigenvalue weighted by Crippen LogP contribution is 2.39. The van der Waals surface area contributed by atoms with Crippen LogP contribution in [0.4, 0.5) is 13.2 Å². The number of oxime groups is 1. The number of aliphatic imine (C=N–C) groups is 1. The van der Waals surface area contributed by atoms with Crippen molar-refractivity contribution in [2.45, 2.75) is 19.8 Å². The van der Waals surface area contributed by atoms with Crippen LogP contribution in [0.5, 0.6) is 0 Å². The molecular weight excluding hydrogens is 265 g/mol. The molecule has 7 heteroatoms. The molecule has 1 rings (SSSR count). The normalized spacial score (nSPS) is 20.2. The molecule has 18 heavy (non-hydrogen) atoms. The predicted octanol–water partition coefficient (Wildman–Crippen LogP) is 3.75. The molecule has 0 aromatic carbocycles. The van der Waals surface area contributed by atoms with Gasteiger partial charge in [-0.15, -0.1) is 0 Å². The second kappa shape index (κ2) is 7.97. The first-order chi connectivity index (χ1) is 8.65. The average molecular weight is 280 g/mol. The predicted molar refractivity (Wildman–Crippen MR) is 70.1 cm³/mol. The molecule has 0 aromatic heterocycles. The fourth-order valence-corrected chi connectivity index (χ4v) is 3.04. The van der Waals surface area contributed by atoms with Crippen molar-refractivity contribution in [1.82, 2.24) is 0 Å². The highest BCUT2D eigenvalue weighted by Gasteiger charge is 2.14. The van der Waals surface area contributed by atoms with Crippen molar-refractivity contribution < 1.29 is 18.0 Å². The van der Waals surface area contributed by atoms with E-state index in [9.17, 15) is 13.2 Å². The van der Waals surface area contributed by atoms with Gasteiger partial charge in [-0.3, -0.25) is 4.99 Å². The zero-order chi connectivity index (χ0) is 13.4. The van der Waals surface area contributed by atoms with E-state index in [0.717, 1.165) is 4.91 Å². The molecule has 0 aromatic rings. The van der Waals surface area contributed by atoms with Gasteiger partial charge in [0.05, 0.1) is 0 Å². The average Bonchev–Trinajstić information content (AvgIpc) is 2.79. The van der Waals surface area contributed by atoms with Gasteiger partial charge < -0.3 is 4.84 Å². The van der Waals surface area contributed by atoms with Crippen molar-refractivity contribution in [3.05, 3.63) is 23.0 Å². The molecule has 0 amide bonds. The van der Waals surface area contributed by atoms with Crippen molar-refractivity contribution in [2.24, 2.45) is 10.1 Å². The molecule has 3 nitrogen and oxygen atoms in total. The Bertz CT molecular complexity index is 390. The van der Waals surface area contributed by atoms with Gasteiger partial charge in [-0.05, 0) is 17.6 Å².